The van der Waals surface area contributed by atoms with E-state index >= 15 is 0 Å². The minimum atomic E-state index is -0.417. The Labute approximate surface area is 121 Å². The Balaban J connectivity index is 2.13. The third kappa shape index (κ3) is 2.17. The van der Waals surface area contributed by atoms with Crippen LogP contribution in [0.2, 0.25) is 5.02 Å². The zero-order valence-corrected chi connectivity index (χ0v) is 11.5. The summed E-state index contributed by atoms with van der Waals surface area (Å²) in [5.41, 5.74) is 7.95. The van der Waals surface area contributed by atoms with E-state index < -0.39 is 5.91 Å². The molecule has 100 valence electrons. The summed E-state index contributed by atoms with van der Waals surface area (Å²) in [6.45, 7) is 0.605. The number of hydrogen-bond acceptors (Lipinski definition) is 1. The molecule has 3 rings (SSSR count). The molecular weight excluding hydrogens is 272 g/mol. The van der Waals surface area contributed by atoms with Gasteiger partial charge in [0.05, 0.1) is 5.56 Å². The molecule has 4 heteroatoms. The van der Waals surface area contributed by atoms with Crippen molar-refractivity contribution in [1.29, 1.82) is 0 Å². The number of nitrogens with zero attached hydrogens (tertiary/aromatic N) is 1. The molecule has 20 heavy (non-hydrogen) atoms. The highest BCUT2D eigenvalue weighted by atomic mass is 35.5. The number of fused-ring (bicyclic) bond motifs is 1. The summed E-state index contributed by atoms with van der Waals surface area (Å²) in [6.07, 6.45) is 1.79. The molecule has 0 aliphatic heterocycles. The molecule has 0 unspecified atom stereocenters. The maximum Gasteiger partial charge on any atom is 0.250 e. The quantitative estimate of drug-likeness (QED) is 0.787. The van der Waals surface area contributed by atoms with Crippen molar-refractivity contribution in [3.63, 3.8) is 0 Å². The third-order valence-corrected chi connectivity index (χ3v) is 3.72. The second-order valence-corrected chi connectivity index (χ2v) is 5.05. The van der Waals surface area contributed by atoms with Gasteiger partial charge in [-0.1, -0.05) is 48.0 Å². The number of benzene rings is 2. The molecule has 1 aromatic heterocycles. The van der Waals surface area contributed by atoms with Gasteiger partial charge in [0, 0.05) is 28.7 Å². The van der Waals surface area contributed by atoms with E-state index in [4.69, 9.17) is 17.3 Å². The van der Waals surface area contributed by atoms with Crippen molar-refractivity contribution in [2.24, 2.45) is 5.73 Å². The van der Waals surface area contributed by atoms with E-state index in [0.717, 1.165) is 16.5 Å². The van der Waals surface area contributed by atoms with Crippen molar-refractivity contribution in [1.82, 2.24) is 4.57 Å². The van der Waals surface area contributed by atoms with E-state index in [1.165, 1.54) is 0 Å². The average molecular weight is 285 g/mol. The SMILES string of the molecule is NC(=O)c1cn(Cc2ccccc2Cl)c2ccccc12. The molecule has 2 aromatic carbocycles. The fraction of sp³-hybridized carbons (Fsp3) is 0.0625. The summed E-state index contributed by atoms with van der Waals surface area (Å²) in [4.78, 5) is 11.5. The fourth-order valence-electron chi connectivity index (χ4n) is 2.38. The highest BCUT2D eigenvalue weighted by Crippen LogP contribution is 2.24. The second-order valence-electron chi connectivity index (χ2n) is 4.64. The van der Waals surface area contributed by atoms with E-state index in [1.807, 2.05) is 53.1 Å². The van der Waals surface area contributed by atoms with Gasteiger partial charge in [0.2, 0.25) is 0 Å². The first-order chi connectivity index (χ1) is 9.66. The van der Waals surface area contributed by atoms with Gasteiger partial charge in [0.1, 0.15) is 0 Å². The molecule has 3 nitrogen and oxygen atoms in total. The first kappa shape index (κ1) is 12.8. The number of para-hydroxylation sites is 1. The number of carbonyl (C=O) groups excluding carboxylic acids is 1. The first-order valence-electron chi connectivity index (χ1n) is 6.28. The molecule has 2 N–H and O–H groups in total. The van der Waals surface area contributed by atoms with E-state index in [0.29, 0.717) is 17.1 Å². The number of halogens is 1. The Morgan fingerprint density at radius 1 is 1.10 bits per heavy atom. The number of amides is 1. The van der Waals surface area contributed by atoms with Crippen molar-refractivity contribution >= 4 is 28.4 Å². The maximum atomic E-state index is 11.5. The van der Waals surface area contributed by atoms with Crippen molar-refractivity contribution in [3.05, 3.63) is 70.9 Å². The van der Waals surface area contributed by atoms with Gasteiger partial charge in [-0.3, -0.25) is 4.79 Å². The number of aromatic nitrogens is 1. The first-order valence-corrected chi connectivity index (χ1v) is 6.65. The maximum absolute atomic E-state index is 11.5. The minimum absolute atomic E-state index is 0.417. The standard InChI is InChI=1S/C16H13ClN2O/c17-14-7-3-1-5-11(14)9-19-10-13(16(18)20)12-6-2-4-8-15(12)19/h1-8,10H,9H2,(H2,18,20). The van der Waals surface area contributed by atoms with Gasteiger partial charge in [-0.25, -0.2) is 0 Å². The zero-order chi connectivity index (χ0) is 14.1. The zero-order valence-electron chi connectivity index (χ0n) is 10.7. The highest BCUT2D eigenvalue weighted by molar-refractivity contribution is 6.31. The van der Waals surface area contributed by atoms with Crippen LogP contribution in [0.15, 0.2) is 54.7 Å². The lowest BCUT2D eigenvalue weighted by Crippen LogP contribution is -2.10. The number of nitrogens with two attached hydrogens (primary N) is 1. The van der Waals surface area contributed by atoms with Gasteiger partial charge >= 0.3 is 0 Å². The van der Waals surface area contributed by atoms with Gasteiger partial charge in [-0.05, 0) is 17.7 Å². The Kier molecular flexibility index (Phi) is 3.20. The molecule has 0 bridgehead atoms. The lowest BCUT2D eigenvalue weighted by Gasteiger charge is -2.07. The molecule has 3 aromatic rings. The molecule has 1 amide bonds. The van der Waals surface area contributed by atoms with Gasteiger partial charge in [0.25, 0.3) is 5.91 Å². The predicted molar refractivity (Wildman–Crippen MR) is 81.0 cm³/mol. The summed E-state index contributed by atoms with van der Waals surface area (Å²) < 4.78 is 2.00. The van der Waals surface area contributed by atoms with Crippen molar-refractivity contribution in [3.8, 4) is 0 Å². The summed E-state index contributed by atoms with van der Waals surface area (Å²) in [5, 5.41) is 1.58. The smallest absolute Gasteiger partial charge is 0.250 e. The Morgan fingerprint density at radius 3 is 2.55 bits per heavy atom. The molecule has 0 atom stereocenters. The normalized spacial score (nSPS) is 10.8. The van der Waals surface area contributed by atoms with Crippen LogP contribution in [0, 0.1) is 0 Å². The van der Waals surface area contributed by atoms with E-state index in [9.17, 15) is 4.79 Å². The minimum Gasteiger partial charge on any atom is -0.366 e. The number of primary amides is 1. The highest BCUT2D eigenvalue weighted by Gasteiger charge is 2.12. The Bertz CT molecular complexity index is 792. The number of rotatable bonds is 3. The molecule has 1 heterocycles. The molecule has 0 fully saturated rings. The van der Waals surface area contributed by atoms with Crippen LogP contribution in [0.5, 0.6) is 0 Å². The third-order valence-electron chi connectivity index (χ3n) is 3.35. The summed E-state index contributed by atoms with van der Waals surface area (Å²) in [6, 6.07) is 15.4. The molecule has 0 saturated heterocycles. The topological polar surface area (TPSA) is 48.0 Å². The number of hydrogen-bond donors (Lipinski definition) is 1. The lowest BCUT2D eigenvalue weighted by molar-refractivity contribution is 0.100. The molecular formula is C16H13ClN2O. The van der Waals surface area contributed by atoms with E-state index in [1.54, 1.807) is 6.20 Å². The van der Waals surface area contributed by atoms with Crippen LogP contribution in [-0.2, 0) is 6.54 Å². The van der Waals surface area contributed by atoms with Gasteiger partial charge < -0.3 is 10.3 Å². The molecule has 0 radical (unpaired) electrons. The van der Waals surface area contributed by atoms with Crippen LogP contribution in [0.1, 0.15) is 15.9 Å². The van der Waals surface area contributed by atoms with Crippen LogP contribution >= 0.6 is 11.6 Å². The lowest BCUT2D eigenvalue weighted by atomic mass is 10.2. The molecule has 0 aliphatic rings. The fourth-order valence-corrected chi connectivity index (χ4v) is 2.58. The second kappa shape index (κ2) is 5.02. The van der Waals surface area contributed by atoms with Crippen LogP contribution in [0.25, 0.3) is 10.9 Å². The van der Waals surface area contributed by atoms with Crippen LogP contribution in [-0.4, -0.2) is 10.5 Å². The van der Waals surface area contributed by atoms with Crippen molar-refractivity contribution < 1.29 is 4.79 Å². The predicted octanol–water partition coefficient (Wildman–Crippen LogP) is 3.44. The summed E-state index contributed by atoms with van der Waals surface area (Å²) in [7, 11) is 0. The summed E-state index contributed by atoms with van der Waals surface area (Å²) in [5.74, 6) is -0.417. The molecule has 0 saturated carbocycles. The monoisotopic (exact) mass is 284 g/mol. The van der Waals surface area contributed by atoms with Crippen molar-refractivity contribution in [2.45, 2.75) is 6.54 Å². The van der Waals surface area contributed by atoms with Gasteiger partial charge in [-0.15, -0.1) is 0 Å². The van der Waals surface area contributed by atoms with E-state index in [-0.39, 0.29) is 0 Å². The molecule has 0 spiro atoms. The molecule has 0 aliphatic carbocycles. The van der Waals surface area contributed by atoms with Crippen LogP contribution < -0.4 is 5.73 Å². The van der Waals surface area contributed by atoms with Gasteiger partial charge in [0.15, 0.2) is 0 Å². The van der Waals surface area contributed by atoms with Crippen molar-refractivity contribution in [2.75, 3.05) is 0 Å². The summed E-state index contributed by atoms with van der Waals surface area (Å²) >= 11 is 6.19. The van der Waals surface area contributed by atoms with Crippen LogP contribution in [0.4, 0.5) is 0 Å². The largest absolute Gasteiger partial charge is 0.366 e. The van der Waals surface area contributed by atoms with E-state index in [2.05, 4.69) is 0 Å². The Morgan fingerprint density at radius 2 is 1.80 bits per heavy atom. The van der Waals surface area contributed by atoms with Crippen LogP contribution in [0.3, 0.4) is 0 Å². The number of carbonyl (C=O) groups is 1. The van der Waals surface area contributed by atoms with Gasteiger partial charge in [-0.2, -0.15) is 0 Å². The Hall–Kier alpha value is -2.26. The average Bonchev–Trinajstić information content (AvgIpc) is 2.81.